The SMILES string of the molecule is CC(C)(CNC(=O)OC(C)(C)C)NC(=O)c1cnn2ccc(N3CCC[C@@H]3c3cc(F)ccc3F)nc12. The quantitative estimate of drug-likeness (QED) is 0.506. The van der Waals surface area contributed by atoms with Gasteiger partial charge in [0.15, 0.2) is 5.65 Å². The molecule has 0 radical (unpaired) electrons. The Kier molecular flexibility index (Phi) is 7.07. The fourth-order valence-corrected chi connectivity index (χ4v) is 4.34. The highest BCUT2D eigenvalue weighted by Gasteiger charge is 2.31. The Morgan fingerprint density at radius 2 is 1.92 bits per heavy atom. The first-order valence-electron chi connectivity index (χ1n) is 12.2. The molecule has 1 aromatic carbocycles. The Morgan fingerprint density at radius 3 is 2.65 bits per heavy atom. The summed E-state index contributed by atoms with van der Waals surface area (Å²) in [5.41, 5.74) is -0.567. The van der Waals surface area contributed by atoms with Crippen molar-refractivity contribution < 1.29 is 23.1 Å². The van der Waals surface area contributed by atoms with Crippen molar-refractivity contribution in [2.75, 3.05) is 18.0 Å². The van der Waals surface area contributed by atoms with Gasteiger partial charge in [-0.05, 0) is 71.7 Å². The van der Waals surface area contributed by atoms with Gasteiger partial charge in [-0.3, -0.25) is 4.79 Å². The lowest BCUT2D eigenvalue weighted by molar-refractivity contribution is 0.0509. The van der Waals surface area contributed by atoms with E-state index in [4.69, 9.17) is 4.74 Å². The summed E-state index contributed by atoms with van der Waals surface area (Å²) in [6.45, 7) is 9.61. The summed E-state index contributed by atoms with van der Waals surface area (Å²) < 4.78 is 35.1. The highest BCUT2D eigenvalue weighted by Crippen LogP contribution is 2.36. The first-order valence-corrected chi connectivity index (χ1v) is 12.2. The largest absolute Gasteiger partial charge is 0.444 e. The highest BCUT2D eigenvalue weighted by atomic mass is 19.1. The molecule has 1 saturated heterocycles. The van der Waals surface area contributed by atoms with Crippen molar-refractivity contribution in [1.82, 2.24) is 25.2 Å². The van der Waals surface area contributed by atoms with E-state index in [1.165, 1.54) is 16.8 Å². The lowest BCUT2D eigenvalue weighted by Gasteiger charge is -2.28. The second-order valence-electron chi connectivity index (χ2n) is 10.8. The summed E-state index contributed by atoms with van der Waals surface area (Å²) in [6, 6.07) is 4.83. The van der Waals surface area contributed by atoms with Gasteiger partial charge in [0.25, 0.3) is 5.91 Å². The molecule has 2 amide bonds. The number of benzene rings is 1. The Balaban J connectivity index is 1.52. The second-order valence-corrected chi connectivity index (χ2v) is 10.8. The van der Waals surface area contributed by atoms with E-state index < -0.39 is 34.8 Å². The van der Waals surface area contributed by atoms with E-state index in [1.54, 1.807) is 46.9 Å². The van der Waals surface area contributed by atoms with Crippen LogP contribution in [0.5, 0.6) is 0 Å². The van der Waals surface area contributed by atoms with E-state index >= 15 is 0 Å². The van der Waals surface area contributed by atoms with Crippen LogP contribution in [-0.4, -0.2) is 50.8 Å². The molecule has 0 bridgehead atoms. The fraction of sp³-hybridized carbons (Fsp3) is 0.462. The zero-order valence-electron chi connectivity index (χ0n) is 21.6. The molecule has 0 unspecified atom stereocenters. The number of rotatable bonds is 6. The van der Waals surface area contributed by atoms with Crippen LogP contribution >= 0.6 is 0 Å². The van der Waals surface area contributed by atoms with Crippen LogP contribution in [0.2, 0.25) is 0 Å². The smallest absolute Gasteiger partial charge is 0.407 e. The minimum atomic E-state index is -0.797. The number of alkyl carbamates (subject to hydrolysis) is 1. The van der Waals surface area contributed by atoms with Gasteiger partial charge < -0.3 is 20.3 Å². The first-order chi connectivity index (χ1) is 17.3. The summed E-state index contributed by atoms with van der Waals surface area (Å²) in [6.07, 6.45) is 3.97. The average molecular weight is 515 g/mol. The molecular weight excluding hydrogens is 482 g/mol. The molecule has 0 saturated carbocycles. The Hall–Kier alpha value is -3.76. The van der Waals surface area contributed by atoms with E-state index in [-0.39, 0.29) is 23.7 Å². The summed E-state index contributed by atoms with van der Waals surface area (Å²) in [5, 5.41) is 9.80. The maximum absolute atomic E-state index is 14.5. The fourth-order valence-electron chi connectivity index (χ4n) is 4.34. The number of carbonyl (C=O) groups is 2. The Bertz CT molecular complexity index is 1320. The van der Waals surface area contributed by atoms with Gasteiger partial charge in [0, 0.05) is 24.8 Å². The normalized spacial score (nSPS) is 16.2. The van der Waals surface area contributed by atoms with Crippen LogP contribution in [0.3, 0.4) is 0 Å². The van der Waals surface area contributed by atoms with Crippen LogP contribution in [0.4, 0.5) is 19.4 Å². The Morgan fingerprint density at radius 1 is 1.16 bits per heavy atom. The van der Waals surface area contributed by atoms with Crippen molar-refractivity contribution in [3.05, 3.63) is 59.4 Å². The van der Waals surface area contributed by atoms with Gasteiger partial charge in [-0.15, -0.1) is 0 Å². The van der Waals surface area contributed by atoms with Crippen LogP contribution in [0, 0.1) is 11.6 Å². The summed E-state index contributed by atoms with van der Waals surface area (Å²) in [7, 11) is 0. The van der Waals surface area contributed by atoms with Crippen LogP contribution in [-0.2, 0) is 4.74 Å². The molecule has 0 aliphatic carbocycles. The van der Waals surface area contributed by atoms with Gasteiger partial charge in [0.1, 0.15) is 28.6 Å². The minimum Gasteiger partial charge on any atom is -0.444 e. The molecule has 1 aliphatic heterocycles. The van der Waals surface area contributed by atoms with Crippen molar-refractivity contribution in [3.8, 4) is 0 Å². The van der Waals surface area contributed by atoms with Gasteiger partial charge in [-0.2, -0.15) is 5.10 Å². The van der Waals surface area contributed by atoms with Crippen molar-refractivity contribution in [1.29, 1.82) is 0 Å². The van der Waals surface area contributed by atoms with E-state index in [0.29, 0.717) is 24.4 Å². The third-order valence-corrected chi connectivity index (χ3v) is 5.99. The lowest BCUT2D eigenvalue weighted by atomic mass is 10.0. The number of hydrogen-bond donors (Lipinski definition) is 2. The van der Waals surface area contributed by atoms with Crippen molar-refractivity contribution in [2.45, 2.75) is 64.6 Å². The van der Waals surface area contributed by atoms with E-state index in [1.807, 2.05) is 4.90 Å². The van der Waals surface area contributed by atoms with Gasteiger partial charge in [0.2, 0.25) is 0 Å². The number of anilines is 1. The summed E-state index contributed by atoms with van der Waals surface area (Å²) in [5.74, 6) is -0.833. The number of hydrogen-bond acceptors (Lipinski definition) is 6. The average Bonchev–Trinajstić information content (AvgIpc) is 3.45. The monoisotopic (exact) mass is 514 g/mol. The van der Waals surface area contributed by atoms with Crippen molar-refractivity contribution in [2.24, 2.45) is 0 Å². The Labute approximate surface area is 214 Å². The molecule has 1 aliphatic rings. The molecule has 2 N–H and O–H groups in total. The molecule has 0 spiro atoms. The first kappa shape index (κ1) is 26.3. The molecule has 1 atom stereocenters. The molecule has 3 aromatic rings. The zero-order valence-corrected chi connectivity index (χ0v) is 21.6. The van der Waals surface area contributed by atoms with E-state index in [0.717, 1.165) is 18.6 Å². The minimum absolute atomic E-state index is 0.139. The van der Waals surface area contributed by atoms with Crippen LogP contribution in [0.1, 0.15) is 69.4 Å². The van der Waals surface area contributed by atoms with Gasteiger partial charge >= 0.3 is 6.09 Å². The van der Waals surface area contributed by atoms with Gasteiger partial charge in [-0.1, -0.05) is 0 Å². The highest BCUT2D eigenvalue weighted by molar-refractivity contribution is 6.00. The third-order valence-electron chi connectivity index (χ3n) is 5.99. The number of nitrogens with one attached hydrogen (secondary N) is 2. The predicted molar refractivity (Wildman–Crippen MR) is 134 cm³/mol. The maximum Gasteiger partial charge on any atom is 0.407 e. The van der Waals surface area contributed by atoms with Gasteiger partial charge in [-0.25, -0.2) is 23.1 Å². The molecule has 4 rings (SSSR count). The number of ether oxygens (including phenoxy) is 1. The number of amides is 2. The third kappa shape index (κ3) is 6.15. The molecule has 3 heterocycles. The number of nitrogens with zero attached hydrogens (tertiary/aromatic N) is 4. The second kappa shape index (κ2) is 9.95. The molecular formula is C26H32F2N6O3. The molecule has 198 valence electrons. The van der Waals surface area contributed by atoms with E-state index in [9.17, 15) is 18.4 Å². The number of fused-ring (bicyclic) bond motifs is 1. The molecule has 37 heavy (non-hydrogen) atoms. The van der Waals surface area contributed by atoms with E-state index in [2.05, 4.69) is 20.7 Å². The summed E-state index contributed by atoms with van der Waals surface area (Å²) >= 11 is 0. The zero-order chi connectivity index (χ0) is 27.0. The maximum atomic E-state index is 14.5. The molecule has 1 fully saturated rings. The summed E-state index contributed by atoms with van der Waals surface area (Å²) in [4.78, 5) is 31.8. The molecule has 9 nitrogen and oxygen atoms in total. The standard InChI is InChI=1S/C26H32F2N6O3/c1-25(2,3)37-24(36)29-15-26(4,5)32-23(35)18-14-30-34-12-10-21(31-22(18)34)33-11-6-7-20(33)17-13-16(27)8-9-19(17)28/h8-10,12-14,20H,6-7,11,15H2,1-5H3,(H,29,36)(H,32,35)/t20-/m1/s1. The van der Waals surface area contributed by atoms with Crippen molar-refractivity contribution >= 4 is 23.5 Å². The van der Waals surface area contributed by atoms with Gasteiger partial charge in [0.05, 0.1) is 17.8 Å². The number of aromatic nitrogens is 3. The van der Waals surface area contributed by atoms with Crippen LogP contribution < -0.4 is 15.5 Å². The lowest BCUT2D eigenvalue weighted by Crippen LogP contribution is -2.52. The number of halogens is 2. The topological polar surface area (TPSA) is 101 Å². The van der Waals surface area contributed by atoms with Crippen LogP contribution in [0.25, 0.3) is 5.65 Å². The molecule has 11 heteroatoms. The number of carbonyl (C=O) groups excluding carboxylic acids is 2. The predicted octanol–water partition coefficient (Wildman–Crippen LogP) is 4.38. The molecule has 2 aromatic heterocycles. The van der Waals surface area contributed by atoms with Crippen LogP contribution in [0.15, 0.2) is 36.7 Å². The van der Waals surface area contributed by atoms with Crippen molar-refractivity contribution in [3.63, 3.8) is 0 Å².